The minimum absolute atomic E-state index is 0.524. The average molecular weight is 200 g/mol. The van der Waals surface area contributed by atoms with Gasteiger partial charge in [0.25, 0.3) is 0 Å². The topological polar surface area (TPSA) is 25.8 Å². The van der Waals surface area contributed by atoms with E-state index >= 15 is 0 Å². The Hall–Kier alpha value is -1.44. The fourth-order valence-corrected chi connectivity index (χ4v) is 1.80. The van der Waals surface area contributed by atoms with Gasteiger partial charge in [-0.3, -0.25) is 9.97 Å². The number of fused-ring (bicyclic) bond motifs is 1. The Morgan fingerprint density at radius 2 is 1.87 bits per heavy atom. The summed E-state index contributed by atoms with van der Waals surface area (Å²) in [4.78, 5) is 8.89. The number of aryl methyl sites for hydroxylation is 2. The molecule has 2 aromatic heterocycles. The molecule has 15 heavy (non-hydrogen) atoms. The van der Waals surface area contributed by atoms with Crippen LogP contribution in [0.25, 0.3) is 10.9 Å². The summed E-state index contributed by atoms with van der Waals surface area (Å²) in [5.74, 6) is 0.524. The molecule has 0 spiro atoms. The highest BCUT2D eigenvalue weighted by atomic mass is 14.8. The molecular formula is C13H16N2. The monoisotopic (exact) mass is 200 g/mol. The fraction of sp³-hybridized carbons (Fsp3) is 0.385. The van der Waals surface area contributed by atoms with Gasteiger partial charge in [0.1, 0.15) is 0 Å². The Kier molecular flexibility index (Phi) is 2.43. The van der Waals surface area contributed by atoms with Gasteiger partial charge in [-0.05, 0) is 37.5 Å². The van der Waals surface area contributed by atoms with Gasteiger partial charge < -0.3 is 0 Å². The van der Waals surface area contributed by atoms with E-state index in [0.29, 0.717) is 5.92 Å². The Balaban J connectivity index is 2.71. The van der Waals surface area contributed by atoms with Crippen LogP contribution in [-0.4, -0.2) is 9.97 Å². The molecule has 0 radical (unpaired) electrons. The van der Waals surface area contributed by atoms with E-state index in [-0.39, 0.29) is 0 Å². The lowest BCUT2D eigenvalue weighted by Gasteiger charge is -2.08. The fourth-order valence-electron chi connectivity index (χ4n) is 1.80. The predicted molar refractivity (Wildman–Crippen MR) is 63.1 cm³/mol. The molecule has 0 aliphatic heterocycles. The van der Waals surface area contributed by atoms with Crippen LogP contribution in [-0.2, 0) is 0 Å². The van der Waals surface area contributed by atoms with Gasteiger partial charge in [0.05, 0.1) is 11.2 Å². The summed E-state index contributed by atoms with van der Waals surface area (Å²) in [6.45, 7) is 8.40. The second-order valence-electron chi connectivity index (χ2n) is 4.34. The van der Waals surface area contributed by atoms with Gasteiger partial charge in [0.15, 0.2) is 0 Å². The van der Waals surface area contributed by atoms with E-state index in [4.69, 9.17) is 0 Å². The van der Waals surface area contributed by atoms with Gasteiger partial charge in [-0.15, -0.1) is 0 Å². The molecule has 2 heteroatoms. The summed E-state index contributed by atoms with van der Waals surface area (Å²) in [6.07, 6.45) is 1.96. The lowest BCUT2D eigenvalue weighted by atomic mass is 10.0. The molecule has 2 rings (SSSR count). The van der Waals surface area contributed by atoms with Crippen LogP contribution >= 0.6 is 0 Å². The average Bonchev–Trinajstić information content (AvgIpc) is 2.16. The molecule has 0 saturated heterocycles. The molecule has 2 aromatic rings. The third-order valence-electron chi connectivity index (χ3n) is 2.66. The van der Waals surface area contributed by atoms with Crippen molar-refractivity contribution in [1.82, 2.24) is 9.97 Å². The van der Waals surface area contributed by atoms with Crippen molar-refractivity contribution in [1.29, 1.82) is 0 Å². The Bertz CT molecular complexity index is 501. The summed E-state index contributed by atoms with van der Waals surface area (Å²) < 4.78 is 0. The number of rotatable bonds is 1. The molecule has 2 heterocycles. The van der Waals surface area contributed by atoms with Crippen LogP contribution in [0.3, 0.4) is 0 Å². The molecule has 0 aliphatic rings. The smallest absolute Gasteiger partial charge is 0.0914 e. The van der Waals surface area contributed by atoms with E-state index in [9.17, 15) is 0 Å². The number of hydrogen-bond donors (Lipinski definition) is 0. The Morgan fingerprint density at radius 1 is 1.13 bits per heavy atom. The predicted octanol–water partition coefficient (Wildman–Crippen LogP) is 3.37. The van der Waals surface area contributed by atoms with Crippen LogP contribution in [0.5, 0.6) is 0 Å². The van der Waals surface area contributed by atoms with E-state index in [2.05, 4.69) is 35.9 Å². The van der Waals surface area contributed by atoms with Crippen molar-refractivity contribution in [3.63, 3.8) is 0 Å². The largest absolute Gasteiger partial charge is 0.256 e. The maximum atomic E-state index is 4.48. The Morgan fingerprint density at radius 3 is 2.53 bits per heavy atom. The maximum absolute atomic E-state index is 4.48. The van der Waals surface area contributed by atoms with Crippen LogP contribution in [0, 0.1) is 13.8 Å². The molecule has 0 amide bonds. The highest BCUT2D eigenvalue weighted by molar-refractivity contribution is 5.81. The zero-order valence-electron chi connectivity index (χ0n) is 9.70. The van der Waals surface area contributed by atoms with Crippen molar-refractivity contribution < 1.29 is 0 Å². The van der Waals surface area contributed by atoms with Crippen molar-refractivity contribution in [3.05, 3.63) is 35.3 Å². The van der Waals surface area contributed by atoms with E-state index in [1.807, 2.05) is 20.0 Å². The second kappa shape index (κ2) is 3.61. The highest BCUT2D eigenvalue weighted by Crippen LogP contribution is 2.21. The van der Waals surface area contributed by atoms with Gasteiger partial charge in [0.2, 0.25) is 0 Å². The van der Waals surface area contributed by atoms with Crippen molar-refractivity contribution >= 4 is 10.9 Å². The minimum Gasteiger partial charge on any atom is -0.256 e. The first kappa shape index (κ1) is 10.1. The summed E-state index contributed by atoms with van der Waals surface area (Å²) in [5.41, 5.74) is 4.38. The normalized spacial score (nSPS) is 11.3. The van der Waals surface area contributed by atoms with Gasteiger partial charge in [-0.25, -0.2) is 0 Å². The van der Waals surface area contributed by atoms with Gasteiger partial charge in [-0.2, -0.15) is 0 Å². The zero-order chi connectivity index (χ0) is 11.0. The first-order chi connectivity index (χ1) is 7.08. The van der Waals surface area contributed by atoms with Crippen molar-refractivity contribution in [2.24, 2.45) is 0 Å². The van der Waals surface area contributed by atoms with E-state index < -0.39 is 0 Å². The van der Waals surface area contributed by atoms with E-state index in [1.54, 1.807) is 0 Å². The van der Waals surface area contributed by atoms with Crippen molar-refractivity contribution in [2.75, 3.05) is 0 Å². The van der Waals surface area contributed by atoms with Crippen LogP contribution in [0.1, 0.15) is 36.7 Å². The third-order valence-corrected chi connectivity index (χ3v) is 2.66. The molecule has 0 unspecified atom stereocenters. The van der Waals surface area contributed by atoms with Gasteiger partial charge >= 0.3 is 0 Å². The quantitative estimate of drug-likeness (QED) is 0.705. The van der Waals surface area contributed by atoms with Crippen LogP contribution in [0.2, 0.25) is 0 Å². The van der Waals surface area contributed by atoms with Gasteiger partial charge in [-0.1, -0.05) is 13.8 Å². The molecule has 0 aromatic carbocycles. The second-order valence-corrected chi connectivity index (χ2v) is 4.34. The summed E-state index contributed by atoms with van der Waals surface area (Å²) in [7, 11) is 0. The molecule has 78 valence electrons. The first-order valence-electron chi connectivity index (χ1n) is 5.32. The summed E-state index contributed by atoms with van der Waals surface area (Å²) in [6, 6.07) is 4.32. The molecule has 2 nitrogen and oxygen atoms in total. The third kappa shape index (κ3) is 1.84. The summed E-state index contributed by atoms with van der Waals surface area (Å²) >= 11 is 0. The molecule has 0 N–H and O–H groups in total. The number of pyridine rings is 2. The standard InChI is InChI=1S/C13H16N2/c1-8(2)12-6-11-5-9(3)15-10(4)13(11)14-7-12/h5-8H,1-4H3. The summed E-state index contributed by atoms with van der Waals surface area (Å²) in [5, 5.41) is 1.20. The first-order valence-corrected chi connectivity index (χ1v) is 5.32. The molecule has 0 fully saturated rings. The Labute approximate surface area is 90.4 Å². The highest BCUT2D eigenvalue weighted by Gasteiger charge is 2.05. The molecule has 0 aliphatic carbocycles. The van der Waals surface area contributed by atoms with Gasteiger partial charge in [0, 0.05) is 17.3 Å². The minimum atomic E-state index is 0.524. The molecule has 0 bridgehead atoms. The lowest BCUT2D eigenvalue weighted by Crippen LogP contribution is -1.94. The number of aromatic nitrogens is 2. The molecule has 0 saturated carbocycles. The van der Waals surface area contributed by atoms with Crippen molar-refractivity contribution in [3.8, 4) is 0 Å². The number of nitrogens with zero attached hydrogens (tertiary/aromatic N) is 2. The van der Waals surface area contributed by atoms with Crippen LogP contribution < -0.4 is 0 Å². The van der Waals surface area contributed by atoms with Crippen molar-refractivity contribution in [2.45, 2.75) is 33.6 Å². The van der Waals surface area contributed by atoms with E-state index in [0.717, 1.165) is 16.9 Å². The lowest BCUT2D eigenvalue weighted by molar-refractivity contribution is 0.861. The molecular weight excluding hydrogens is 184 g/mol. The zero-order valence-corrected chi connectivity index (χ0v) is 9.70. The van der Waals surface area contributed by atoms with Crippen LogP contribution in [0.15, 0.2) is 18.3 Å². The molecule has 0 atom stereocenters. The number of hydrogen-bond acceptors (Lipinski definition) is 2. The SMILES string of the molecule is Cc1cc2cc(C(C)C)cnc2c(C)n1. The van der Waals surface area contributed by atoms with E-state index in [1.165, 1.54) is 10.9 Å². The van der Waals surface area contributed by atoms with Crippen LogP contribution in [0.4, 0.5) is 0 Å². The maximum Gasteiger partial charge on any atom is 0.0914 e.